The van der Waals surface area contributed by atoms with Gasteiger partial charge in [-0.05, 0) is 36.4 Å². The van der Waals surface area contributed by atoms with E-state index in [9.17, 15) is 13.2 Å². The number of ether oxygens (including phenoxy) is 1. The summed E-state index contributed by atoms with van der Waals surface area (Å²) in [5.74, 6) is 0.0770. The van der Waals surface area contributed by atoms with E-state index < -0.39 is 10.0 Å². The van der Waals surface area contributed by atoms with Gasteiger partial charge in [-0.1, -0.05) is 54.6 Å². The average Bonchev–Trinajstić information content (AvgIpc) is 2.85. The molecule has 4 aromatic rings. The van der Waals surface area contributed by atoms with E-state index in [1.807, 2.05) is 0 Å². The van der Waals surface area contributed by atoms with Crippen LogP contribution in [-0.4, -0.2) is 28.5 Å². The zero-order valence-corrected chi connectivity index (χ0v) is 18.9. The summed E-state index contributed by atoms with van der Waals surface area (Å²) in [6.45, 7) is 0. The molecule has 0 aromatic heterocycles. The van der Waals surface area contributed by atoms with Gasteiger partial charge in [0.2, 0.25) is 0 Å². The van der Waals surface area contributed by atoms with Crippen LogP contribution in [0.25, 0.3) is 10.8 Å². The Balaban J connectivity index is 1.78. The highest BCUT2D eigenvalue weighted by atomic mass is 32.2. The molecule has 8 heteroatoms. The Labute approximate surface area is 192 Å². The van der Waals surface area contributed by atoms with Crippen molar-refractivity contribution in [3.8, 4) is 5.75 Å². The first kappa shape index (κ1) is 22.3. The lowest BCUT2D eigenvalue weighted by molar-refractivity contribution is 0.102. The summed E-state index contributed by atoms with van der Waals surface area (Å²) < 4.78 is 33.2. The molecular formula is C25H22N2O5S. The van der Waals surface area contributed by atoms with Crippen LogP contribution in [-0.2, 0) is 14.9 Å². The smallest absolute Gasteiger partial charge is 0.287 e. The van der Waals surface area contributed by atoms with Gasteiger partial charge in [0, 0.05) is 16.5 Å². The van der Waals surface area contributed by atoms with Gasteiger partial charge in [-0.15, -0.1) is 4.47 Å². The molecule has 0 saturated carbocycles. The second-order valence-electron chi connectivity index (χ2n) is 7.06. The van der Waals surface area contributed by atoms with Crippen molar-refractivity contribution in [3.05, 3.63) is 96.6 Å². The molecule has 0 fully saturated rings. The lowest BCUT2D eigenvalue weighted by Gasteiger charge is -2.22. The Kier molecular flexibility index (Phi) is 6.30. The molecule has 0 aliphatic rings. The van der Waals surface area contributed by atoms with Crippen LogP contribution in [0.2, 0.25) is 0 Å². The lowest BCUT2D eigenvalue weighted by Crippen LogP contribution is -2.30. The van der Waals surface area contributed by atoms with Crippen LogP contribution < -0.4 is 14.5 Å². The lowest BCUT2D eigenvalue weighted by atomic mass is 10.1. The summed E-state index contributed by atoms with van der Waals surface area (Å²) in [7, 11) is -1.26. The van der Waals surface area contributed by atoms with Crippen molar-refractivity contribution in [2.75, 3.05) is 24.0 Å². The van der Waals surface area contributed by atoms with Crippen LogP contribution >= 0.6 is 0 Å². The van der Waals surface area contributed by atoms with Crippen molar-refractivity contribution in [1.82, 2.24) is 0 Å². The Bertz CT molecular complexity index is 1410. The summed E-state index contributed by atoms with van der Waals surface area (Å²) in [4.78, 5) is 18.2. The molecule has 168 valence electrons. The largest absolute Gasteiger partial charge is 0.496 e. The van der Waals surface area contributed by atoms with Gasteiger partial charge < -0.3 is 10.1 Å². The van der Waals surface area contributed by atoms with Crippen molar-refractivity contribution >= 4 is 38.1 Å². The van der Waals surface area contributed by atoms with E-state index in [0.717, 1.165) is 4.47 Å². The second kappa shape index (κ2) is 9.32. The molecule has 0 heterocycles. The van der Waals surface area contributed by atoms with Crippen LogP contribution in [0.3, 0.4) is 0 Å². The molecule has 7 nitrogen and oxygen atoms in total. The number of rotatable bonds is 7. The fourth-order valence-corrected chi connectivity index (χ4v) is 5.08. The van der Waals surface area contributed by atoms with Crippen molar-refractivity contribution in [3.63, 3.8) is 0 Å². The average molecular weight is 463 g/mol. The molecule has 0 unspecified atom stereocenters. The van der Waals surface area contributed by atoms with Crippen molar-refractivity contribution in [2.24, 2.45) is 0 Å². The highest BCUT2D eigenvalue weighted by Gasteiger charge is 2.28. The number of benzene rings is 4. The molecule has 33 heavy (non-hydrogen) atoms. The van der Waals surface area contributed by atoms with E-state index in [1.54, 1.807) is 84.9 Å². The Morgan fingerprint density at radius 1 is 0.788 bits per heavy atom. The predicted octanol–water partition coefficient (Wildman–Crippen LogP) is 4.86. The van der Waals surface area contributed by atoms with Crippen molar-refractivity contribution in [1.29, 1.82) is 0 Å². The third-order valence-corrected chi connectivity index (χ3v) is 6.82. The molecule has 4 rings (SSSR count). The standard InChI is InChI=1S/C25H22N2O5S/c1-31-23-15-9-8-14-21(23)25(28)26-22-16-17-24(20-13-7-6-12-19(20)22)33(29,30)27(32-2)18-10-4-3-5-11-18/h3-17H,1-2H3,(H,26,28). The molecule has 1 N–H and O–H groups in total. The summed E-state index contributed by atoms with van der Waals surface area (Å²) in [5, 5.41) is 3.90. The number of carbonyl (C=O) groups is 1. The highest BCUT2D eigenvalue weighted by molar-refractivity contribution is 7.92. The van der Waals surface area contributed by atoms with Crippen LogP contribution in [0.5, 0.6) is 5.75 Å². The summed E-state index contributed by atoms with van der Waals surface area (Å²) in [6.07, 6.45) is 0. The number of fused-ring (bicyclic) bond motifs is 1. The van der Waals surface area contributed by atoms with Gasteiger partial charge in [0.15, 0.2) is 0 Å². The number of nitrogens with one attached hydrogen (secondary N) is 1. The maximum absolute atomic E-state index is 13.5. The van der Waals surface area contributed by atoms with Gasteiger partial charge in [-0.25, -0.2) is 0 Å². The van der Waals surface area contributed by atoms with Crippen LogP contribution in [0, 0.1) is 0 Å². The molecular weight excluding hydrogens is 440 g/mol. The zero-order valence-electron chi connectivity index (χ0n) is 18.1. The number of sulfonamides is 1. The number of para-hydroxylation sites is 2. The SMILES string of the molecule is COc1ccccc1C(=O)Nc1ccc(S(=O)(=O)N(OC)c2ccccc2)c2ccccc12. The number of methoxy groups -OCH3 is 1. The molecule has 0 aliphatic carbocycles. The Hall–Kier alpha value is -3.88. The predicted molar refractivity (Wildman–Crippen MR) is 128 cm³/mol. The topological polar surface area (TPSA) is 84.9 Å². The van der Waals surface area contributed by atoms with E-state index in [1.165, 1.54) is 20.3 Å². The molecule has 4 aromatic carbocycles. The van der Waals surface area contributed by atoms with E-state index in [-0.39, 0.29) is 10.8 Å². The first-order valence-electron chi connectivity index (χ1n) is 10.1. The van der Waals surface area contributed by atoms with Gasteiger partial charge in [-0.3, -0.25) is 9.63 Å². The minimum Gasteiger partial charge on any atom is -0.496 e. The normalized spacial score (nSPS) is 11.2. The molecule has 0 aliphatic heterocycles. The molecule has 0 saturated heterocycles. The number of nitrogens with zero attached hydrogens (tertiary/aromatic N) is 1. The molecule has 0 spiro atoms. The van der Waals surface area contributed by atoms with E-state index in [2.05, 4.69) is 5.32 Å². The quantitative estimate of drug-likeness (QED) is 0.397. The fourth-order valence-electron chi connectivity index (χ4n) is 3.61. The highest BCUT2D eigenvalue weighted by Crippen LogP contribution is 2.33. The monoisotopic (exact) mass is 462 g/mol. The summed E-state index contributed by atoms with van der Waals surface area (Å²) in [6, 6.07) is 25.4. The van der Waals surface area contributed by atoms with Gasteiger partial charge in [-0.2, -0.15) is 8.42 Å². The molecule has 0 atom stereocenters. The Morgan fingerprint density at radius 3 is 2.12 bits per heavy atom. The first-order valence-corrected chi connectivity index (χ1v) is 11.5. The van der Waals surface area contributed by atoms with E-state index >= 15 is 0 Å². The number of anilines is 2. The number of amides is 1. The molecule has 0 radical (unpaired) electrons. The number of carbonyl (C=O) groups excluding carboxylic acids is 1. The first-order chi connectivity index (χ1) is 16.0. The van der Waals surface area contributed by atoms with Gasteiger partial charge in [0.25, 0.3) is 15.9 Å². The summed E-state index contributed by atoms with van der Waals surface area (Å²) in [5.41, 5.74) is 1.22. The Morgan fingerprint density at radius 2 is 1.42 bits per heavy atom. The van der Waals surface area contributed by atoms with Crippen molar-refractivity contribution < 1.29 is 22.8 Å². The van der Waals surface area contributed by atoms with Crippen LogP contribution in [0.15, 0.2) is 95.9 Å². The molecule has 0 bridgehead atoms. The van der Waals surface area contributed by atoms with Gasteiger partial charge >= 0.3 is 0 Å². The summed E-state index contributed by atoms with van der Waals surface area (Å²) >= 11 is 0. The second-order valence-corrected chi connectivity index (χ2v) is 8.78. The maximum Gasteiger partial charge on any atom is 0.287 e. The van der Waals surface area contributed by atoms with Gasteiger partial charge in [0.05, 0.1) is 30.4 Å². The maximum atomic E-state index is 13.5. The zero-order chi connectivity index (χ0) is 23.4. The molecule has 1 amide bonds. The minimum absolute atomic E-state index is 0.0547. The number of hydrogen-bond donors (Lipinski definition) is 1. The van der Waals surface area contributed by atoms with E-state index in [4.69, 9.17) is 9.57 Å². The third kappa shape index (κ3) is 4.26. The van der Waals surface area contributed by atoms with E-state index in [0.29, 0.717) is 33.5 Å². The third-order valence-electron chi connectivity index (χ3n) is 5.11. The van der Waals surface area contributed by atoms with Crippen molar-refractivity contribution in [2.45, 2.75) is 4.90 Å². The minimum atomic E-state index is -4.06. The van der Waals surface area contributed by atoms with Crippen LogP contribution in [0.4, 0.5) is 11.4 Å². The van der Waals surface area contributed by atoms with Gasteiger partial charge in [0.1, 0.15) is 5.75 Å². The number of hydrogen-bond acceptors (Lipinski definition) is 5. The van der Waals surface area contributed by atoms with Crippen LogP contribution in [0.1, 0.15) is 10.4 Å². The fraction of sp³-hybridized carbons (Fsp3) is 0.0800.